The highest BCUT2D eigenvalue weighted by molar-refractivity contribution is 5.70. The normalized spacial score (nSPS) is 14.7. The first-order valence-corrected chi connectivity index (χ1v) is 15.3. The quantitative estimate of drug-likeness (QED) is 0.184. The van der Waals surface area contributed by atoms with Crippen molar-refractivity contribution >= 4 is 0 Å². The van der Waals surface area contributed by atoms with Crippen LogP contribution in [-0.2, 0) is 19.3 Å². The number of nitrogens with zero attached hydrogens (tertiary/aromatic N) is 2. The van der Waals surface area contributed by atoms with Crippen LogP contribution in [0.2, 0.25) is 0 Å². The highest BCUT2D eigenvalue weighted by Crippen LogP contribution is 2.34. The highest BCUT2D eigenvalue weighted by Gasteiger charge is 2.21. The highest BCUT2D eigenvalue weighted by atomic mass is 14.9. The van der Waals surface area contributed by atoms with E-state index in [0.717, 1.165) is 23.7 Å². The van der Waals surface area contributed by atoms with Gasteiger partial charge in [-0.05, 0) is 59.4 Å². The van der Waals surface area contributed by atoms with Crippen molar-refractivity contribution in [1.82, 2.24) is 9.97 Å². The van der Waals surface area contributed by atoms with Crippen LogP contribution < -0.4 is 0 Å². The van der Waals surface area contributed by atoms with Crippen molar-refractivity contribution in [3.63, 3.8) is 0 Å². The summed E-state index contributed by atoms with van der Waals surface area (Å²) in [5.74, 6) is 1.83. The standard InChI is InChI=1S/C35H48N2/c1-3-5-7-9-11-13-15-28-23-31-21-22-32(25-33(31)24-28)29-17-19-30(20-18-29)34-26-36-35(37-27-34)16-14-12-10-8-6-4-2/h17-22,25-28H,3-16,23-24H2,1-2H3. The molecule has 0 saturated heterocycles. The molecular weight excluding hydrogens is 448 g/mol. The van der Waals surface area contributed by atoms with Crippen LogP contribution in [-0.4, -0.2) is 9.97 Å². The van der Waals surface area contributed by atoms with Gasteiger partial charge in [0.05, 0.1) is 0 Å². The van der Waals surface area contributed by atoms with Gasteiger partial charge in [-0.2, -0.15) is 0 Å². The van der Waals surface area contributed by atoms with Crippen molar-refractivity contribution in [3.05, 3.63) is 71.8 Å². The molecule has 0 spiro atoms. The average Bonchev–Trinajstić information content (AvgIpc) is 3.35. The fraction of sp³-hybridized carbons (Fsp3) is 0.543. The molecule has 0 fully saturated rings. The Bertz CT molecular complexity index is 1050. The van der Waals surface area contributed by atoms with E-state index in [1.165, 1.54) is 113 Å². The Morgan fingerprint density at radius 3 is 1.78 bits per heavy atom. The predicted molar refractivity (Wildman–Crippen MR) is 159 cm³/mol. The zero-order chi connectivity index (χ0) is 25.7. The monoisotopic (exact) mass is 496 g/mol. The van der Waals surface area contributed by atoms with E-state index in [4.69, 9.17) is 0 Å². The van der Waals surface area contributed by atoms with Gasteiger partial charge >= 0.3 is 0 Å². The van der Waals surface area contributed by atoms with Gasteiger partial charge in [-0.3, -0.25) is 0 Å². The third kappa shape index (κ3) is 8.52. The van der Waals surface area contributed by atoms with Crippen molar-refractivity contribution < 1.29 is 0 Å². The molecule has 1 aliphatic rings. The fourth-order valence-corrected chi connectivity index (χ4v) is 5.86. The molecule has 2 nitrogen and oxygen atoms in total. The summed E-state index contributed by atoms with van der Waals surface area (Å²) in [5, 5.41) is 0. The molecule has 0 radical (unpaired) electrons. The van der Waals surface area contributed by atoms with Crippen LogP contribution in [0.3, 0.4) is 0 Å². The Labute approximate surface area is 226 Å². The Morgan fingerprint density at radius 2 is 1.11 bits per heavy atom. The lowest BCUT2D eigenvalue weighted by Crippen LogP contribution is -1.99. The van der Waals surface area contributed by atoms with Gasteiger partial charge in [0.2, 0.25) is 0 Å². The lowest BCUT2D eigenvalue weighted by molar-refractivity contribution is 0.469. The van der Waals surface area contributed by atoms with Gasteiger partial charge in [0.1, 0.15) is 5.82 Å². The molecule has 0 N–H and O–H groups in total. The summed E-state index contributed by atoms with van der Waals surface area (Å²) < 4.78 is 0. The SMILES string of the molecule is CCCCCCCCc1ncc(-c2ccc(-c3ccc4c(c3)CC(CCCCCCCC)C4)cc2)cn1. The lowest BCUT2D eigenvalue weighted by atomic mass is 9.97. The summed E-state index contributed by atoms with van der Waals surface area (Å²) in [5.41, 5.74) is 8.09. The van der Waals surface area contributed by atoms with Crippen LogP contribution in [0.15, 0.2) is 54.9 Å². The van der Waals surface area contributed by atoms with Crippen molar-refractivity contribution in [2.75, 3.05) is 0 Å². The van der Waals surface area contributed by atoms with Crippen LogP contribution >= 0.6 is 0 Å². The smallest absolute Gasteiger partial charge is 0.128 e. The minimum Gasteiger partial charge on any atom is -0.241 e. The van der Waals surface area contributed by atoms with E-state index >= 15 is 0 Å². The number of unbranched alkanes of at least 4 members (excludes halogenated alkanes) is 10. The third-order valence-corrected chi connectivity index (χ3v) is 8.20. The topological polar surface area (TPSA) is 25.8 Å². The van der Waals surface area contributed by atoms with E-state index in [-0.39, 0.29) is 0 Å². The van der Waals surface area contributed by atoms with Crippen LogP contribution in [0.5, 0.6) is 0 Å². The lowest BCUT2D eigenvalue weighted by Gasteiger charge is -2.08. The van der Waals surface area contributed by atoms with Crippen LogP contribution in [0.1, 0.15) is 114 Å². The van der Waals surface area contributed by atoms with Crippen LogP contribution in [0.25, 0.3) is 22.3 Å². The van der Waals surface area contributed by atoms with E-state index in [2.05, 4.69) is 66.3 Å². The zero-order valence-corrected chi connectivity index (χ0v) is 23.5. The van der Waals surface area contributed by atoms with Crippen molar-refractivity contribution in [2.45, 2.75) is 117 Å². The van der Waals surface area contributed by atoms with Gasteiger partial charge in [0, 0.05) is 24.4 Å². The van der Waals surface area contributed by atoms with E-state index in [1.54, 1.807) is 11.1 Å². The molecule has 37 heavy (non-hydrogen) atoms. The summed E-state index contributed by atoms with van der Waals surface area (Å²) in [4.78, 5) is 9.29. The number of hydrogen-bond acceptors (Lipinski definition) is 2. The minimum atomic E-state index is 0.850. The largest absolute Gasteiger partial charge is 0.241 e. The first kappa shape index (κ1) is 27.6. The molecule has 1 aliphatic carbocycles. The number of aryl methyl sites for hydroxylation is 1. The first-order chi connectivity index (χ1) is 18.3. The van der Waals surface area contributed by atoms with E-state index < -0.39 is 0 Å². The van der Waals surface area contributed by atoms with E-state index in [0.29, 0.717) is 0 Å². The number of rotatable bonds is 16. The Kier molecular flexibility index (Phi) is 11.2. The average molecular weight is 497 g/mol. The van der Waals surface area contributed by atoms with E-state index in [1.807, 2.05) is 12.4 Å². The van der Waals surface area contributed by atoms with Gasteiger partial charge in [-0.15, -0.1) is 0 Å². The molecule has 1 heterocycles. The molecule has 198 valence electrons. The van der Waals surface area contributed by atoms with Crippen molar-refractivity contribution in [2.24, 2.45) is 5.92 Å². The maximum atomic E-state index is 4.64. The molecule has 1 atom stereocenters. The summed E-state index contributed by atoms with van der Waals surface area (Å²) in [6.07, 6.45) is 25.1. The maximum Gasteiger partial charge on any atom is 0.128 e. The second-order valence-corrected chi connectivity index (χ2v) is 11.3. The second kappa shape index (κ2) is 15.1. The number of aromatic nitrogens is 2. The Hall–Kier alpha value is -2.48. The summed E-state index contributed by atoms with van der Waals surface area (Å²) in [6.45, 7) is 4.56. The van der Waals surface area contributed by atoms with Crippen LogP contribution in [0, 0.1) is 5.92 Å². The molecule has 0 aliphatic heterocycles. The Balaban J connectivity index is 1.26. The molecule has 1 unspecified atom stereocenters. The molecule has 0 bridgehead atoms. The van der Waals surface area contributed by atoms with E-state index in [9.17, 15) is 0 Å². The van der Waals surface area contributed by atoms with Gasteiger partial charge in [-0.1, -0.05) is 127 Å². The van der Waals surface area contributed by atoms with Crippen molar-refractivity contribution in [3.8, 4) is 22.3 Å². The Morgan fingerprint density at radius 1 is 0.568 bits per heavy atom. The summed E-state index contributed by atoms with van der Waals surface area (Å²) in [6, 6.07) is 16.1. The molecule has 0 saturated carbocycles. The second-order valence-electron chi connectivity index (χ2n) is 11.3. The first-order valence-electron chi connectivity index (χ1n) is 15.3. The molecule has 3 aromatic rings. The number of benzene rings is 2. The zero-order valence-electron chi connectivity index (χ0n) is 23.5. The molecule has 2 aromatic carbocycles. The maximum absolute atomic E-state index is 4.64. The third-order valence-electron chi connectivity index (χ3n) is 8.20. The summed E-state index contributed by atoms with van der Waals surface area (Å²) >= 11 is 0. The number of hydrogen-bond donors (Lipinski definition) is 0. The van der Waals surface area contributed by atoms with Gasteiger partial charge in [0.25, 0.3) is 0 Å². The number of fused-ring (bicyclic) bond motifs is 1. The molecule has 0 amide bonds. The molecular formula is C35H48N2. The van der Waals surface area contributed by atoms with Gasteiger partial charge in [0.15, 0.2) is 0 Å². The summed E-state index contributed by atoms with van der Waals surface area (Å²) in [7, 11) is 0. The van der Waals surface area contributed by atoms with Crippen molar-refractivity contribution in [1.29, 1.82) is 0 Å². The minimum absolute atomic E-state index is 0.850. The van der Waals surface area contributed by atoms with Crippen LogP contribution in [0.4, 0.5) is 0 Å². The molecule has 4 rings (SSSR count). The molecule has 1 aromatic heterocycles. The predicted octanol–water partition coefficient (Wildman–Crippen LogP) is 10.2. The van der Waals surface area contributed by atoms with Gasteiger partial charge in [-0.25, -0.2) is 9.97 Å². The fourth-order valence-electron chi connectivity index (χ4n) is 5.86. The molecule has 2 heteroatoms. The van der Waals surface area contributed by atoms with Gasteiger partial charge < -0.3 is 0 Å².